The third-order valence-corrected chi connectivity index (χ3v) is 2.32. The second-order valence-electron chi connectivity index (χ2n) is 3.47. The number of aldehydes is 1. The van der Waals surface area contributed by atoms with Gasteiger partial charge in [-0.1, -0.05) is 0 Å². The van der Waals surface area contributed by atoms with E-state index in [4.69, 9.17) is 9.15 Å². The van der Waals surface area contributed by atoms with Gasteiger partial charge in [-0.25, -0.2) is 0 Å². The largest absolute Gasteiger partial charge is 0.467 e. The van der Waals surface area contributed by atoms with E-state index in [-0.39, 0.29) is 28.7 Å². The number of aromatic nitrogens is 2. The van der Waals surface area contributed by atoms with Crippen molar-refractivity contribution in [3.8, 4) is 17.5 Å². The van der Waals surface area contributed by atoms with Crippen molar-refractivity contribution in [1.29, 1.82) is 0 Å². The summed E-state index contributed by atoms with van der Waals surface area (Å²) in [4.78, 5) is 30.5. The molecule has 0 saturated heterocycles. The second kappa shape index (κ2) is 4.79. The van der Waals surface area contributed by atoms with Crippen LogP contribution in [0.2, 0.25) is 0 Å². The molecule has 0 atom stereocenters. The van der Waals surface area contributed by atoms with Crippen LogP contribution in [0.3, 0.4) is 0 Å². The predicted octanol–water partition coefficient (Wildman–Crippen LogP) is 1.76. The number of furan rings is 1. The van der Waals surface area contributed by atoms with Crippen molar-refractivity contribution in [3.63, 3.8) is 0 Å². The van der Waals surface area contributed by atoms with Crippen molar-refractivity contribution in [2.75, 3.05) is 7.11 Å². The lowest BCUT2D eigenvalue weighted by atomic mass is 10.1. The molecular weight excluding hydrogens is 236 g/mol. The van der Waals surface area contributed by atoms with E-state index in [9.17, 15) is 9.59 Å². The molecular formula is C12H10N2O4. The Bertz CT molecular complexity index is 590. The number of carbonyl (C=O) groups is 2. The van der Waals surface area contributed by atoms with Crippen molar-refractivity contribution in [2.45, 2.75) is 6.92 Å². The highest BCUT2D eigenvalue weighted by Gasteiger charge is 2.20. The van der Waals surface area contributed by atoms with Crippen molar-refractivity contribution in [1.82, 2.24) is 9.97 Å². The van der Waals surface area contributed by atoms with Gasteiger partial charge in [0.25, 0.3) is 0 Å². The molecule has 2 heterocycles. The summed E-state index contributed by atoms with van der Waals surface area (Å²) in [6.07, 6.45) is 1.95. The monoisotopic (exact) mass is 246 g/mol. The van der Waals surface area contributed by atoms with Gasteiger partial charge in [0.2, 0.25) is 0 Å². The van der Waals surface area contributed by atoms with Crippen LogP contribution in [0.25, 0.3) is 11.5 Å². The van der Waals surface area contributed by atoms with Crippen LogP contribution in [-0.4, -0.2) is 29.1 Å². The maximum Gasteiger partial charge on any atom is 0.317 e. The topological polar surface area (TPSA) is 82.3 Å². The lowest BCUT2D eigenvalue weighted by Crippen LogP contribution is -2.08. The summed E-state index contributed by atoms with van der Waals surface area (Å²) in [5.41, 5.74) is 0.364. The van der Waals surface area contributed by atoms with E-state index in [0.717, 1.165) is 0 Å². The molecule has 0 saturated carbocycles. The molecule has 0 fully saturated rings. The Kier molecular flexibility index (Phi) is 3.18. The van der Waals surface area contributed by atoms with Crippen molar-refractivity contribution < 1.29 is 18.7 Å². The maximum absolute atomic E-state index is 11.6. The Morgan fingerprint density at radius 3 is 2.72 bits per heavy atom. The van der Waals surface area contributed by atoms with Crippen LogP contribution in [0.4, 0.5) is 0 Å². The first-order valence-electron chi connectivity index (χ1n) is 5.13. The maximum atomic E-state index is 11.6. The average Bonchev–Trinajstić information content (AvgIpc) is 2.90. The van der Waals surface area contributed by atoms with Gasteiger partial charge in [-0.05, 0) is 19.1 Å². The molecule has 2 rings (SSSR count). The number of carbonyl (C=O) groups excluding carboxylic acids is 2. The molecule has 0 aromatic carbocycles. The van der Waals surface area contributed by atoms with Crippen LogP contribution in [0.5, 0.6) is 6.01 Å². The van der Waals surface area contributed by atoms with Gasteiger partial charge in [0.1, 0.15) is 11.4 Å². The zero-order chi connectivity index (χ0) is 13.1. The fraction of sp³-hybridized carbons (Fsp3) is 0.167. The van der Waals surface area contributed by atoms with E-state index in [1.807, 2.05) is 0 Å². The van der Waals surface area contributed by atoms with Gasteiger partial charge in [0, 0.05) is 0 Å². The van der Waals surface area contributed by atoms with Gasteiger partial charge >= 0.3 is 6.01 Å². The summed E-state index contributed by atoms with van der Waals surface area (Å²) in [6, 6.07) is 3.31. The summed E-state index contributed by atoms with van der Waals surface area (Å²) in [6.45, 7) is 1.34. The first-order chi connectivity index (χ1) is 8.67. The molecule has 0 aliphatic rings. The highest BCUT2D eigenvalue weighted by Crippen LogP contribution is 2.25. The summed E-state index contributed by atoms with van der Waals surface area (Å²) in [5.74, 6) is 0.0650. The van der Waals surface area contributed by atoms with E-state index in [1.165, 1.54) is 20.3 Å². The molecule has 0 bridgehead atoms. The minimum absolute atomic E-state index is 0.00787. The summed E-state index contributed by atoms with van der Waals surface area (Å²) in [7, 11) is 1.38. The molecule has 2 aromatic heterocycles. The fourth-order valence-electron chi connectivity index (χ4n) is 1.57. The minimum atomic E-state index is -0.314. The van der Waals surface area contributed by atoms with Crippen molar-refractivity contribution in [3.05, 3.63) is 29.7 Å². The van der Waals surface area contributed by atoms with Crippen LogP contribution in [0.1, 0.15) is 27.8 Å². The van der Waals surface area contributed by atoms with Gasteiger partial charge in [-0.3, -0.25) is 9.59 Å². The van der Waals surface area contributed by atoms with E-state index >= 15 is 0 Å². The molecule has 0 radical (unpaired) electrons. The number of Topliss-reactive ketones (excluding diaryl/α,β-unsaturated/α-hetero) is 1. The number of hydrogen-bond acceptors (Lipinski definition) is 6. The van der Waals surface area contributed by atoms with Crippen molar-refractivity contribution >= 4 is 12.1 Å². The fourth-order valence-corrected chi connectivity index (χ4v) is 1.57. The molecule has 6 nitrogen and oxygen atoms in total. The Morgan fingerprint density at radius 1 is 1.44 bits per heavy atom. The van der Waals surface area contributed by atoms with Gasteiger partial charge in [-0.2, -0.15) is 9.97 Å². The molecule has 0 aliphatic heterocycles. The molecule has 6 heteroatoms. The molecule has 18 heavy (non-hydrogen) atoms. The van der Waals surface area contributed by atoms with Crippen LogP contribution >= 0.6 is 0 Å². The lowest BCUT2D eigenvalue weighted by Gasteiger charge is -2.07. The van der Waals surface area contributed by atoms with E-state index in [0.29, 0.717) is 12.0 Å². The molecule has 92 valence electrons. The Labute approximate surface area is 103 Å². The Hall–Kier alpha value is -2.50. The Balaban J connectivity index is 2.75. The zero-order valence-electron chi connectivity index (χ0n) is 9.84. The molecule has 0 spiro atoms. The van der Waals surface area contributed by atoms with Crippen LogP contribution < -0.4 is 4.74 Å². The molecule has 2 aromatic rings. The third kappa shape index (κ3) is 2.00. The number of methoxy groups -OCH3 is 1. The molecule has 0 N–H and O–H groups in total. The summed E-state index contributed by atoms with van der Waals surface area (Å²) >= 11 is 0. The zero-order valence-corrected chi connectivity index (χ0v) is 9.84. The Morgan fingerprint density at radius 2 is 2.22 bits per heavy atom. The van der Waals surface area contributed by atoms with E-state index in [1.54, 1.807) is 12.1 Å². The van der Waals surface area contributed by atoms with E-state index in [2.05, 4.69) is 9.97 Å². The highest BCUT2D eigenvalue weighted by molar-refractivity contribution is 6.04. The minimum Gasteiger partial charge on any atom is -0.467 e. The smallest absolute Gasteiger partial charge is 0.317 e. The van der Waals surface area contributed by atoms with Gasteiger partial charge in [0.15, 0.2) is 17.8 Å². The SMILES string of the molecule is COc1nc(C=O)c(C(C)=O)c(-c2ccco2)n1. The van der Waals surface area contributed by atoms with Crippen LogP contribution in [0.15, 0.2) is 22.8 Å². The third-order valence-electron chi connectivity index (χ3n) is 2.32. The van der Waals surface area contributed by atoms with Crippen LogP contribution in [0, 0.1) is 0 Å². The molecule has 0 aliphatic carbocycles. The first kappa shape index (κ1) is 12.0. The van der Waals surface area contributed by atoms with Crippen molar-refractivity contribution in [2.24, 2.45) is 0 Å². The number of ether oxygens (including phenoxy) is 1. The second-order valence-corrected chi connectivity index (χ2v) is 3.47. The van der Waals surface area contributed by atoms with Gasteiger partial charge < -0.3 is 9.15 Å². The van der Waals surface area contributed by atoms with Crippen LogP contribution in [-0.2, 0) is 0 Å². The molecule has 0 amide bonds. The predicted molar refractivity (Wildman–Crippen MR) is 61.7 cm³/mol. The lowest BCUT2D eigenvalue weighted by molar-refractivity contribution is 0.100. The average molecular weight is 246 g/mol. The quantitative estimate of drug-likeness (QED) is 0.603. The van der Waals surface area contributed by atoms with E-state index < -0.39 is 0 Å². The summed E-state index contributed by atoms with van der Waals surface area (Å²) < 4.78 is 10.1. The highest BCUT2D eigenvalue weighted by atomic mass is 16.5. The number of ketones is 1. The van der Waals surface area contributed by atoms with Gasteiger partial charge in [0.05, 0.1) is 18.9 Å². The normalized spacial score (nSPS) is 10.1. The van der Waals surface area contributed by atoms with Gasteiger partial charge in [-0.15, -0.1) is 0 Å². The standard InChI is InChI=1S/C12H10N2O4/c1-7(16)10-8(6-15)13-12(17-2)14-11(10)9-4-3-5-18-9/h3-6H,1-2H3. The number of hydrogen-bond donors (Lipinski definition) is 0. The first-order valence-corrected chi connectivity index (χ1v) is 5.13. The number of nitrogens with zero attached hydrogens (tertiary/aromatic N) is 2. The molecule has 0 unspecified atom stereocenters. The summed E-state index contributed by atoms with van der Waals surface area (Å²) in [5, 5.41) is 0. The number of rotatable bonds is 4.